The van der Waals surface area contributed by atoms with E-state index in [4.69, 9.17) is 16.3 Å². The van der Waals surface area contributed by atoms with Crippen LogP contribution >= 0.6 is 11.6 Å². The maximum atomic E-state index is 11.7. The lowest BCUT2D eigenvalue weighted by molar-refractivity contribution is -0.139. The van der Waals surface area contributed by atoms with Crippen molar-refractivity contribution in [1.82, 2.24) is 0 Å². The molecule has 1 atom stereocenters. The van der Waals surface area contributed by atoms with Crippen molar-refractivity contribution in [3.63, 3.8) is 0 Å². The van der Waals surface area contributed by atoms with Crippen molar-refractivity contribution in [2.45, 2.75) is 25.2 Å². The highest BCUT2D eigenvalue weighted by Crippen LogP contribution is 2.40. The average Bonchev–Trinajstić information content (AvgIpc) is 3.36. The molecule has 1 saturated carbocycles. The summed E-state index contributed by atoms with van der Waals surface area (Å²) >= 11 is 5.94. The summed E-state index contributed by atoms with van der Waals surface area (Å²) in [4.78, 5) is 11.7. The summed E-state index contributed by atoms with van der Waals surface area (Å²) in [6, 6.07) is 13.2. The van der Waals surface area contributed by atoms with Crippen molar-refractivity contribution < 1.29 is 14.6 Å². The molecule has 0 saturated heterocycles. The normalized spacial score (nSPS) is 15.2. The van der Waals surface area contributed by atoms with Gasteiger partial charge in [-0.1, -0.05) is 42.6 Å². The Labute approximate surface area is 140 Å². The van der Waals surface area contributed by atoms with Crippen molar-refractivity contribution in [3.8, 4) is 16.9 Å². The highest BCUT2D eigenvalue weighted by atomic mass is 35.5. The Bertz CT molecular complexity index is 705. The van der Waals surface area contributed by atoms with Crippen molar-refractivity contribution in [1.29, 1.82) is 0 Å². The number of aliphatic carboxylic acids is 1. The maximum Gasteiger partial charge on any atom is 0.310 e. The molecule has 3 nitrogen and oxygen atoms in total. The quantitative estimate of drug-likeness (QED) is 0.812. The van der Waals surface area contributed by atoms with E-state index in [1.165, 1.54) is 0 Å². The lowest BCUT2D eigenvalue weighted by Gasteiger charge is -2.15. The number of carboxylic acid groups (broad SMARTS) is 1. The summed E-state index contributed by atoms with van der Waals surface area (Å²) in [5.74, 6) is -0.0355. The van der Waals surface area contributed by atoms with Crippen molar-refractivity contribution in [2.75, 3.05) is 7.11 Å². The van der Waals surface area contributed by atoms with Crippen molar-refractivity contribution in [2.24, 2.45) is 5.92 Å². The number of rotatable bonds is 6. The summed E-state index contributed by atoms with van der Waals surface area (Å²) in [6.45, 7) is 0. The molecular formula is C19H19ClO3. The molecular weight excluding hydrogens is 312 g/mol. The molecule has 0 aliphatic heterocycles. The van der Waals surface area contributed by atoms with E-state index in [9.17, 15) is 9.90 Å². The molecule has 1 aliphatic rings. The van der Waals surface area contributed by atoms with Gasteiger partial charge in [-0.15, -0.1) is 0 Å². The molecule has 0 radical (unpaired) electrons. The minimum Gasteiger partial charge on any atom is -0.497 e. The van der Waals surface area contributed by atoms with Gasteiger partial charge >= 0.3 is 5.97 Å². The van der Waals surface area contributed by atoms with E-state index in [0.29, 0.717) is 23.1 Å². The monoisotopic (exact) mass is 330 g/mol. The minimum atomic E-state index is -0.771. The number of carboxylic acids is 1. The van der Waals surface area contributed by atoms with E-state index in [1.807, 2.05) is 42.5 Å². The molecule has 0 aromatic heterocycles. The molecule has 1 unspecified atom stereocenters. The number of ether oxygens (including phenoxy) is 1. The van der Waals surface area contributed by atoms with Crippen LogP contribution in [0, 0.1) is 5.92 Å². The number of methoxy groups -OCH3 is 1. The van der Waals surface area contributed by atoms with Crippen LogP contribution in [0.2, 0.25) is 5.02 Å². The summed E-state index contributed by atoms with van der Waals surface area (Å²) < 4.78 is 5.37. The Kier molecular flexibility index (Phi) is 4.58. The smallest absolute Gasteiger partial charge is 0.310 e. The molecule has 2 aromatic carbocycles. The van der Waals surface area contributed by atoms with E-state index in [0.717, 1.165) is 29.5 Å². The lowest BCUT2D eigenvalue weighted by atomic mass is 9.90. The number of hydrogen-bond acceptors (Lipinski definition) is 2. The number of benzene rings is 2. The predicted octanol–water partition coefficient (Wildman–Crippen LogP) is 4.98. The van der Waals surface area contributed by atoms with Gasteiger partial charge in [-0.25, -0.2) is 0 Å². The van der Waals surface area contributed by atoms with Gasteiger partial charge in [-0.3, -0.25) is 4.79 Å². The summed E-state index contributed by atoms with van der Waals surface area (Å²) in [6.07, 6.45) is 2.97. The molecule has 4 heteroatoms. The molecule has 1 aliphatic carbocycles. The summed E-state index contributed by atoms with van der Waals surface area (Å²) in [7, 11) is 1.60. The second-order valence-corrected chi connectivity index (χ2v) is 6.51. The lowest BCUT2D eigenvalue weighted by Crippen LogP contribution is -2.12. The van der Waals surface area contributed by atoms with Gasteiger partial charge < -0.3 is 9.84 Å². The Balaban J connectivity index is 2.00. The van der Waals surface area contributed by atoms with Crippen LogP contribution in [0.15, 0.2) is 42.5 Å². The first-order valence-electron chi connectivity index (χ1n) is 7.74. The average molecular weight is 331 g/mol. The zero-order chi connectivity index (χ0) is 16.4. The molecule has 0 bridgehead atoms. The Morgan fingerprint density at radius 1 is 1.22 bits per heavy atom. The van der Waals surface area contributed by atoms with Gasteiger partial charge in [-0.05, 0) is 53.3 Å². The first-order chi connectivity index (χ1) is 11.1. The Morgan fingerprint density at radius 3 is 2.48 bits per heavy atom. The largest absolute Gasteiger partial charge is 0.497 e. The highest BCUT2D eigenvalue weighted by molar-refractivity contribution is 6.30. The minimum absolute atomic E-state index is 0.483. The highest BCUT2D eigenvalue weighted by Gasteiger charge is 2.30. The molecule has 1 N–H and O–H groups in total. The fraction of sp³-hybridized carbons (Fsp3) is 0.316. The zero-order valence-corrected chi connectivity index (χ0v) is 13.7. The van der Waals surface area contributed by atoms with E-state index < -0.39 is 11.9 Å². The van der Waals surface area contributed by atoms with Gasteiger partial charge in [0.05, 0.1) is 13.0 Å². The molecule has 3 rings (SSSR count). The molecule has 0 amide bonds. The van der Waals surface area contributed by atoms with Crippen molar-refractivity contribution in [3.05, 3.63) is 53.1 Å². The van der Waals surface area contributed by atoms with E-state index >= 15 is 0 Å². The van der Waals surface area contributed by atoms with Gasteiger partial charge in [0.1, 0.15) is 5.75 Å². The third-order valence-electron chi connectivity index (χ3n) is 4.31. The molecule has 1 fully saturated rings. The van der Waals surface area contributed by atoms with E-state index in [1.54, 1.807) is 7.11 Å². The first kappa shape index (κ1) is 15.9. The molecule has 23 heavy (non-hydrogen) atoms. The molecule has 120 valence electrons. The third-order valence-corrected chi connectivity index (χ3v) is 4.56. The second-order valence-electron chi connectivity index (χ2n) is 6.07. The van der Waals surface area contributed by atoms with Gasteiger partial charge in [0.2, 0.25) is 0 Å². The molecule has 0 heterocycles. The SMILES string of the molecule is COc1cc(-c2ccc(Cl)cc2)cc(C(CC2CC2)C(=O)O)c1. The van der Waals surface area contributed by atoms with Crippen LogP contribution in [0.5, 0.6) is 5.75 Å². The second kappa shape index (κ2) is 6.63. The predicted molar refractivity (Wildman–Crippen MR) is 91.2 cm³/mol. The van der Waals surface area contributed by atoms with Crippen LogP contribution in [0.25, 0.3) is 11.1 Å². The van der Waals surface area contributed by atoms with Gasteiger partial charge in [0.25, 0.3) is 0 Å². The van der Waals surface area contributed by atoms with Gasteiger partial charge in [0, 0.05) is 5.02 Å². The first-order valence-corrected chi connectivity index (χ1v) is 8.12. The van der Waals surface area contributed by atoms with Gasteiger partial charge in [0.15, 0.2) is 0 Å². The summed E-state index contributed by atoms with van der Waals surface area (Å²) in [5, 5.41) is 10.3. The topological polar surface area (TPSA) is 46.5 Å². The van der Waals surface area contributed by atoms with Gasteiger partial charge in [-0.2, -0.15) is 0 Å². The Hall–Kier alpha value is -2.00. The standard InChI is InChI=1S/C19H19ClO3/c1-23-17-10-14(13-4-6-16(20)7-5-13)9-15(11-17)18(19(21)22)8-12-2-3-12/h4-7,9-12,18H,2-3,8H2,1H3,(H,21,22). The molecule has 0 spiro atoms. The van der Waals surface area contributed by atoms with Crippen LogP contribution in [-0.2, 0) is 4.79 Å². The van der Waals surface area contributed by atoms with E-state index in [2.05, 4.69) is 0 Å². The van der Waals surface area contributed by atoms with Crippen LogP contribution in [0.3, 0.4) is 0 Å². The fourth-order valence-corrected chi connectivity index (χ4v) is 2.94. The Morgan fingerprint density at radius 2 is 1.91 bits per heavy atom. The maximum absolute atomic E-state index is 11.7. The van der Waals surface area contributed by atoms with Crippen LogP contribution in [0.1, 0.15) is 30.7 Å². The zero-order valence-electron chi connectivity index (χ0n) is 13.0. The summed E-state index contributed by atoms with van der Waals surface area (Å²) in [5.41, 5.74) is 2.73. The third kappa shape index (κ3) is 3.85. The molecule has 2 aromatic rings. The fourth-order valence-electron chi connectivity index (χ4n) is 2.82. The number of halogens is 1. The van der Waals surface area contributed by atoms with Crippen LogP contribution < -0.4 is 4.74 Å². The number of carbonyl (C=O) groups is 1. The van der Waals surface area contributed by atoms with Crippen LogP contribution in [0.4, 0.5) is 0 Å². The van der Waals surface area contributed by atoms with Crippen molar-refractivity contribution >= 4 is 17.6 Å². The number of hydrogen-bond donors (Lipinski definition) is 1. The van der Waals surface area contributed by atoms with E-state index in [-0.39, 0.29) is 0 Å². The van der Waals surface area contributed by atoms with Crippen LogP contribution in [-0.4, -0.2) is 18.2 Å².